The molecule has 0 radical (unpaired) electrons. The zero-order valence-corrected chi connectivity index (χ0v) is 14.9. The minimum Gasteiger partial charge on any atom is -0.356 e. The number of rotatable bonds is 6. The molecule has 2 N–H and O–H groups in total. The summed E-state index contributed by atoms with van der Waals surface area (Å²) in [5, 5.41) is 7.58. The van der Waals surface area contributed by atoms with Crippen LogP contribution in [0.5, 0.6) is 0 Å². The molecule has 1 amide bonds. The van der Waals surface area contributed by atoms with Crippen LogP contribution in [-0.2, 0) is 11.2 Å². The average molecular weight is 366 g/mol. The van der Waals surface area contributed by atoms with Gasteiger partial charge in [0, 0.05) is 23.0 Å². The third kappa shape index (κ3) is 7.19. The molecule has 1 aliphatic heterocycles. The Kier molecular flexibility index (Phi) is 9.18. The average Bonchev–Trinajstić information content (AvgIpc) is 2.45. The van der Waals surface area contributed by atoms with Gasteiger partial charge in [-0.05, 0) is 68.5 Å². The maximum atomic E-state index is 11.8. The summed E-state index contributed by atoms with van der Waals surface area (Å²) >= 11 is 11.9. The van der Waals surface area contributed by atoms with Crippen LogP contribution in [0.4, 0.5) is 0 Å². The van der Waals surface area contributed by atoms with E-state index in [0.29, 0.717) is 28.9 Å². The van der Waals surface area contributed by atoms with Gasteiger partial charge in [-0.15, -0.1) is 12.4 Å². The number of carbonyl (C=O) groups excluding carboxylic acids is 1. The summed E-state index contributed by atoms with van der Waals surface area (Å²) in [6.07, 6.45) is 4.75. The number of nitrogens with one attached hydrogen (secondary N) is 2. The fourth-order valence-electron chi connectivity index (χ4n) is 2.70. The van der Waals surface area contributed by atoms with Gasteiger partial charge in [0.1, 0.15) is 0 Å². The number of piperidine rings is 1. The first kappa shape index (κ1) is 19.6. The molecular weight excluding hydrogens is 343 g/mol. The van der Waals surface area contributed by atoms with Crippen molar-refractivity contribution in [3.05, 3.63) is 33.8 Å². The summed E-state index contributed by atoms with van der Waals surface area (Å²) in [7, 11) is 0. The van der Waals surface area contributed by atoms with Gasteiger partial charge in [0.2, 0.25) is 5.91 Å². The molecule has 0 unspecified atom stereocenters. The monoisotopic (exact) mass is 364 g/mol. The number of carbonyl (C=O) groups is 1. The Hall–Kier alpha value is -0.480. The van der Waals surface area contributed by atoms with E-state index in [1.165, 1.54) is 12.8 Å². The Bertz CT molecular complexity index is 456. The Morgan fingerprint density at radius 3 is 2.45 bits per heavy atom. The van der Waals surface area contributed by atoms with Gasteiger partial charge >= 0.3 is 0 Å². The SMILES string of the molecule is Cl.O=C(CCC1CCNCC1)NCCc1cc(Cl)cc(Cl)c1. The van der Waals surface area contributed by atoms with E-state index in [0.717, 1.165) is 31.5 Å². The lowest BCUT2D eigenvalue weighted by Gasteiger charge is -2.22. The van der Waals surface area contributed by atoms with Crippen LogP contribution >= 0.6 is 35.6 Å². The predicted octanol–water partition coefficient (Wildman–Crippen LogP) is 3.85. The molecule has 1 fully saturated rings. The van der Waals surface area contributed by atoms with Gasteiger partial charge in [-0.25, -0.2) is 0 Å². The van der Waals surface area contributed by atoms with Gasteiger partial charge in [0.25, 0.3) is 0 Å². The van der Waals surface area contributed by atoms with Crippen LogP contribution in [-0.4, -0.2) is 25.5 Å². The Labute approximate surface area is 148 Å². The van der Waals surface area contributed by atoms with Crippen molar-refractivity contribution >= 4 is 41.5 Å². The molecular formula is C16H23Cl3N2O. The zero-order valence-electron chi connectivity index (χ0n) is 12.5. The highest BCUT2D eigenvalue weighted by molar-refractivity contribution is 6.34. The third-order valence-corrected chi connectivity index (χ3v) is 4.33. The number of hydrogen-bond donors (Lipinski definition) is 2. The maximum Gasteiger partial charge on any atom is 0.220 e. The largest absolute Gasteiger partial charge is 0.356 e. The van der Waals surface area contributed by atoms with E-state index in [-0.39, 0.29) is 18.3 Å². The van der Waals surface area contributed by atoms with Crippen LogP contribution in [0.3, 0.4) is 0 Å². The van der Waals surface area contributed by atoms with Gasteiger partial charge in [0.15, 0.2) is 0 Å². The molecule has 3 nitrogen and oxygen atoms in total. The molecule has 0 bridgehead atoms. The summed E-state index contributed by atoms with van der Waals surface area (Å²) in [4.78, 5) is 11.8. The van der Waals surface area contributed by atoms with Gasteiger partial charge < -0.3 is 10.6 Å². The maximum absolute atomic E-state index is 11.8. The molecule has 1 saturated heterocycles. The van der Waals surface area contributed by atoms with Crippen LogP contribution in [0.1, 0.15) is 31.2 Å². The Morgan fingerprint density at radius 1 is 1.18 bits per heavy atom. The van der Waals surface area contributed by atoms with Crippen molar-refractivity contribution < 1.29 is 4.79 Å². The van der Waals surface area contributed by atoms with E-state index in [2.05, 4.69) is 10.6 Å². The van der Waals surface area contributed by atoms with Crippen LogP contribution in [0.15, 0.2) is 18.2 Å². The van der Waals surface area contributed by atoms with Crippen molar-refractivity contribution in [2.45, 2.75) is 32.1 Å². The summed E-state index contributed by atoms with van der Waals surface area (Å²) in [5.41, 5.74) is 1.05. The summed E-state index contributed by atoms with van der Waals surface area (Å²) in [6.45, 7) is 2.80. The zero-order chi connectivity index (χ0) is 15.1. The quantitative estimate of drug-likeness (QED) is 0.804. The molecule has 1 aromatic carbocycles. The summed E-state index contributed by atoms with van der Waals surface area (Å²) in [6, 6.07) is 5.48. The summed E-state index contributed by atoms with van der Waals surface area (Å²) in [5.74, 6) is 0.838. The normalized spacial score (nSPS) is 15.2. The number of halogens is 3. The van der Waals surface area contributed by atoms with Gasteiger partial charge in [-0.2, -0.15) is 0 Å². The smallest absolute Gasteiger partial charge is 0.220 e. The second-order valence-electron chi connectivity index (χ2n) is 5.61. The highest BCUT2D eigenvalue weighted by Gasteiger charge is 2.14. The minimum absolute atomic E-state index is 0. The second kappa shape index (κ2) is 10.3. The molecule has 1 aliphatic rings. The van der Waals surface area contributed by atoms with E-state index < -0.39 is 0 Å². The van der Waals surface area contributed by atoms with E-state index >= 15 is 0 Å². The van der Waals surface area contributed by atoms with Crippen LogP contribution < -0.4 is 10.6 Å². The van der Waals surface area contributed by atoms with E-state index in [1.54, 1.807) is 6.07 Å². The van der Waals surface area contributed by atoms with Gasteiger partial charge in [-0.3, -0.25) is 4.79 Å². The number of amides is 1. The molecule has 0 aliphatic carbocycles. The molecule has 0 saturated carbocycles. The molecule has 6 heteroatoms. The Balaban J connectivity index is 0.00000242. The molecule has 124 valence electrons. The van der Waals surface area contributed by atoms with Crippen LogP contribution in [0.2, 0.25) is 10.0 Å². The topological polar surface area (TPSA) is 41.1 Å². The van der Waals surface area contributed by atoms with Crippen molar-refractivity contribution in [3.8, 4) is 0 Å². The lowest BCUT2D eigenvalue weighted by molar-refractivity contribution is -0.121. The Morgan fingerprint density at radius 2 is 1.82 bits per heavy atom. The van der Waals surface area contributed by atoms with Crippen molar-refractivity contribution in [1.82, 2.24) is 10.6 Å². The molecule has 2 rings (SSSR count). The van der Waals surface area contributed by atoms with E-state index in [4.69, 9.17) is 23.2 Å². The first-order chi connectivity index (χ1) is 10.1. The fraction of sp³-hybridized carbons (Fsp3) is 0.562. The third-order valence-electron chi connectivity index (χ3n) is 3.90. The first-order valence-electron chi connectivity index (χ1n) is 7.56. The van der Waals surface area contributed by atoms with Gasteiger partial charge in [0.05, 0.1) is 0 Å². The molecule has 1 aromatic rings. The van der Waals surface area contributed by atoms with E-state index in [9.17, 15) is 4.79 Å². The highest BCUT2D eigenvalue weighted by atomic mass is 35.5. The number of hydrogen-bond acceptors (Lipinski definition) is 2. The number of benzene rings is 1. The predicted molar refractivity (Wildman–Crippen MR) is 95.3 cm³/mol. The molecule has 0 aromatic heterocycles. The summed E-state index contributed by atoms with van der Waals surface area (Å²) < 4.78 is 0. The minimum atomic E-state index is 0. The first-order valence-corrected chi connectivity index (χ1v) is 8.31. The van der Waals surface area contributed by atoms with Crippen molar-refractivity contribution in [1.29, 1.82) is 0 Å². The van der Waals surface area contributed by atoms with Gasteiger partial charge in [-0.1, -0.05) is 23.2 Å². The van der Waals surface area contributed by atoms with Crippen molar-refractivity contribution in [2.75, 3.05) is 19.6 Å². The standard InChI is InChI=1S/C16H22Cl2N2O.ClH/c17-14-9-13(10-15(18)11-14)5-8-20-16(21)2-1-12-3-6-19-7-4-12;/h9-12,19H,1-8H2,(H,20,21);1H. The van der Waals surface area contributed by atoms with Crippen LogP contribution in [0, 0.1) is 5.92 Å². The molecule has 0 spiro atoms. The lowest BCUT2D eigenvalue weighted by Crippen LogP contribution is -2.30. The lowest BCUT2D eigenvalue weighted by atomic mass is 9.93. The van der Waals surface area contributed by atoms with E-state index in [1.807, 2.05) is 12.1 Å². The fourth-order valence-corrected chi connectivity index (χ4v) is 3.27. The van der Waals surface area contributed by atoms with Crippen molar-refractivity contribution in [3.63, 3.8) is 0 Å². The molecule has 1 heterocycles. The van der Waals surface area contributed by atoms with Crippen LogP contribution in [0.25, 0.3) is 0 Å². The second-order valence-corrected chi connectivity index (χ2v) is 6.48. The molecule has 0 atom stereocenters. The molecule has 22 heavy (non-hydrogen) atoms. The highest BCUT2D eigenvalue weighted by Crippen LogP contribution is 2.19. The van der Waals surface area contributed by atoms with Crippen molar-refractivity contribution in [2.24, 2.45) is 5.92 Å².